The van der Waals surface area contributed by atoms with Crippen LogP contribution in [0.2, 0.25) is 0 Å². The van der Waals surface area contributed by atoms with Crippen molar-refractivity contribution in [2.24, 2.45) is 16.7 Å². The first-order valence-electron chi connectivity index (χ1n) is 12.9. The summed E-state index contributed by atoms with van der Waals surface area (Å²) in [7, 11) is 0. The summed E-state index contributed by atoms with van der Waals surface area (Å²) in [5, 5.41) is 15.8. The fraction of sp³-hybridized carbons (Fsp3) is 0.621. The van der Waals surface area contributed by atoms with E-state index in [0.717, 1.165) is 18.4 Å². The minimum atomic E-state index is -0.463. The average Bonchev–Trinajstić information content (AvgIpc) is 2.78. The Morgan fingerprint density at radius 2 is 1.64 bits per heavy atom. The van der Waals surface area contributed by atoms with Crippen LogP contribution in [-0.2, 0) is 20.9 Å². The Kier molecular flexibility index (Phi) is 11.3. The molecule has 0 aliphatic heterocycles. The van der Waals surface area contributed by atoms with Gasteiger partial charge in [-0.3, -0.25) is 14.4 Å². The molecule has 1 aromatic carbocycles. The van der Waals surface area contributed by atoms with Crippen LogP contribution in [0, 0.1) is 16.7 Å². The lowest BCUT2D eigenvalue weighted by molar-refractivity contribution is -0.127. The molecule has 36 heavy (non-hydrogen) atoms. The second-order valence-corrected chi connectivity index (χ2v) is 11.6. The normalized spacial score (nSPS) is 19.6. The first-order valence-corrected chi connectivity index (χ1v) is 12.9. The van der Waals surface area contributed by atoms with Crippen LogP contribution >= 0.6 is 0 Å². The van der Waals surface area contributed by atoms with E-state index in [1.165, 1.54) is 6.92 Å². The standard InChI is InChI=1S/C29H44N2O5/c1-21(32)23-12-10-22(11-13-23)17-30-26(34)16-28(2,3)19-36-20-29(4,5)18-31-27(35)24-8-6-7-9-25(33)15-14-24/h7,9-13,24-25,33H,6,8,14-20H2,1-5H3,(H,30,34)(H,31,35)/b9-7+. The highest BCUT2D eigenvalue weighted by Gasteiger charge is 2.27. The highest BCUT2D eigenvalue weighted by Crippen LogP contribution is 2.24. The third kappa shape index (κ3) is 11.0. The van der Waals surface area contributed by atoms with Crippen molar-refractivity contribution in [3.63, 3.8) is 0 Å². The topological polar surface area (TPSA) is 105 Å². The summed E-state index contributed by atoms with van der Waals surface area (Å²) in [5.41, 5.74) is 1.01. The van der Waals surface area contributed by atoms with Crippen molar-refractivity contribution >= 4 is 17.6 Å². The Labute approximate surface area is 216 Å². The van der Waals surface area contributed by atoms with Crippen molar-refractivity contribution in [2.45, 2.75) is 79.4 Å². The zero-order valence-electron chi connectivity index (χ0n) is 22.6. The molecule has 2 atom stereocenters. The molecule has 7 heteroatoms. The van der Waals surface area contributed by atoms with Crippen molar-refractivity contribution in [1.82, 2.24) is 10.6 Å². The smallest absolute Gasteiger partial charge is 0.223 e. The van der Waals surface area contributed by atoms with E-state index < -0.39 is 6.10 Å². The molecule has 1 aliphatic rings. The van der Waals surface area contributed by atoms with Gasteiger partial charge in [0.25, 0.3) is 0 Å². The second-order valence-electron chi connectivity index (χ2n) is 11.6. The number of benzene rings is 1. The molecule has 2 unspecified atom stereocenters. The Bertz CT molecular complexity index is 905. The maximum Gasteiger partial charge on any atom is 0.223 e. The first kappa shape index (κ1) is 29.7. The van der Waals surface area contributed by atoms with E-state index in [-0.39, 0.29) is 34.3 Å². The van der Waals surface area contributed by atoms with E-state index in [0.29, 0.717) is 51.1 Å². The average molecular weight is 501 g/mol. The SMILES string of the molecule is CC(=O)c1ccc(CNC(=O)CC(C)(C)COCC(C)(C)CNC(=O)C2CC/C=C/C(O)CC2)cc1. The highest BCUT2D eigenvalue weighted by atomic mass is 16.5. The molecule has 1 aliphatic carbocycles. The van der Waals surface area contributed by atoms with Crippen molar-refractivity contribution in [1.29, 1.82) is 0 Å². The largest absolute Gasteiger partial charge is 0.389 e. The summed E-state index contributed by atoms with van der Waals surface area (Å²) in [6.07, 6.45) is 6.53. The van der Waals surface area contributed by atoms with Gasteiger partial charge in [0.2, 0.25) is 11.8 Å². The van der Waals surface area contributed by atoms with Gasteiger partial charge in [-0.25, -0.2) is 0 Å². The van der Waals surface area contributed by atoms with Crippen molar-refractivity contribution in [2.75, 3.05) is 19.8 Å². The van der Waals surface area contributed by atoms with E-state index in [4.69, 9.17) is 4.74 Å². The molecule has 200 valence electrons. The van der Waals surface area contributed by atoms with Gasteiger partial charge >= 0.3 is 0 Å². The molecular formula is C29H44N2O5. The number of aliphatic hydroxyl groups excluding tert-OH is 1. The van der Waals surface area contributed by atoms with Gasteiger partial charge in [-0.1, -0.05) is 64.1 Å². The van der Waals surface area contributed by atoms with E-state index >= 15 is 0 Å². The van der Waals surface area contributed by atoms with Crippen LogP contribution in [-0.4, -0.2) is 48.6 Å². The summed E-state index contributed by atoms with van der Waals surface area (Å²) in [6.45, 7) is 11.4. The van der Waals surface area contributed by atoms with Crippen LogP contribution < -0.4 is 10.6 Å². The van der Waals surface area contributed by atoms with Gasteiger partial charge in [0.1, 0.15) is 0 Å². The number of ether oxygens (including phenoxy) is 1. The summed E-state index contributed by atoms with van der Waals surface area (Å²) in [5.74, 6) is -0.0689. The quantitative estimate of drug-likeness (QED) is 0.295. The Balaban J connectivity index is 1.70. The van der Waals surface area contributed by atoms with Gasteiger partial charge in [-0.15, -0.1) is 0 Å². The van der Waals surface area contributed by atoms with Crippen molar-refractivity contribution in [3.05, 3.63) is 47.5 Å². The van der Waals surface area contributed by atoms with Gasteiger partial charge in [0.05, 0.1) is 19.3 Å². The Hall–Kier alpha value is -2.51. The van der Waals surface area contributed by atoms with Crippen LogP contribution in [0.5, 0.6) is 0 Å². The number of carbonyl (C=O) groups excluding carboxylic acids is 3. The summed E-state index contributed by atoms with van der Waals surface area (Å²) < 4.78 is 5.99. The molecule has 0 saturated carbocycles. The summed E-state index contributed by atoms with van der Waals surface area (Å²) in [6, 6.07) is 7.24. The lowest BCUT2D eigenvalue weighted by atomic mass is 9.89. The lowest BCUT2D eigenvalue weighted by Crippen LogP contribution is -2.40. The molecule has 0 aromatic heterocycles. The van der Waals surface area contributed by atoms with Gasteiger partial charge in [0.15, 0.2) is 5.78 Å². The molecule has 1 aromatic rings. The maximum atomic E-state index is 12.7. The minimum Gasteiger partial charge on any atom is -0.389 e. The van der Waals surface area contributed by atoms with E-state index in [1.54, 1.807) is 12.1 Å². The predicted molar refractivity (Wildman–Crippen MR) is 141 cm³/mol. The van der Waals surface area contributed by atoms with Gasteiger partial charge in [-0.05, 0) is 43.6 Å². The molecule has 2 amide bonds. The van der Waals surface area contributed by atoms with Gasteiger partial charge in [-0.2, -0.15) is 0 Å². The predicted octanol–water partition coefficient (Wildman–Crippen LogP) is 4.19. The molecular weight excluding hydrogens is 456 g/mol. The molecule has 0 radical (unpaired) electrons. The molecule has 0 fully saturated rings. The number of hydrogen-bond donors (Lipinski definition) is 3. The Morgan fingerprint density at radius 1 is 0.972 bits per heavy atom. The highest BCUT2D eigenvalue weighted by molar-refractivity contribution is 5.94. The first-order chi connectivity index (χ1) is 16.9. The van der Waals surface area contributed by atoms with Gasteiger partial charge in [0, 0.05) is 36.4 Å². The summed E-state index contributed by atoms with van der Waals surface area (Å²) in [4.78, 5) is 36.5. The zero-order valence-corrected chi connectivity index (χ0v) is 22.6. The van der Waals surface area contributed by atoms with Crippen LogP contribution in [0.25, 0.3) is 0 Å². The van der Waals surface area contributed by atoms with Crippen molar-refractivity contribution in [3.8, 4) is 0 Å². The fourth-order valence-electron chi connectivity index (χ4n) is 4.16. The number of carbonyl (C=O) groups is 3. The molecule has 0 heterocycles. The number of rotatable bonds is 12. The second kappa shape index (κ2) is 13.7. The number of Topliss-reactive ketones (excluding diaryl/α,β-unsaturated/α-hetero) is 1. The van der Waals surface area contributed by atoms with E-state index in [2.05, 4.69) is 24.5 Å². The fourth-order valence-corrected chi connectivity index (χ4v) is 4.16. The minimum absolute atomic E-state index is 0.0197. The van der Waals surface area contributed by atoms with Crippen LogP contribution in [0.15, 0.2) is 36.4 Å². The van der Waals surface area contributed by atoms with Crippen molar-refractivity contribution < 1.29 is 24.2 Å². The number of allylic oxidation sites excluding steroid dienone is 1. The van der Waals surface area contributed by atoms with E-state index in [9.17, 15) is 19.5 Å². The number of aliphatic hydroxyl groups is 1. The zero-order chi connectivity index (χ0) is 26.8. The monoisotopic (exact) mass is 500 g/mol. The van der Waals surface area contributed by atoms with Crippen LogP contribution in [0.4, 0.5) is 0 Å². The maximum absolute atomic E-state index is 12.7. The third-order valence-corrected chi connectivity index (χ3v) is 6.44. The van der Waals surface area contributed by atoms with E-state index in [1.807, 2.05) is 38.1 Å². The number of hydrogen-bond acceptors (Lipinski definition) is 5. The molecule has 0 spiro atoms. The number of amides is 2. The van der Waals surface area contributed by atoms with Crippen LogP contribution in [0.3, 0.4) is 0 Å². The van der Waals surface area contributed by atoms with Crippen LogP contribution in [0.1, 0.15) is 82.6 Å². The summed E-state index contributed by atoms with van der Waals surface area (Å²) >= 11 is 0. The number of nitrogens with one attached hydrogen (secondary N) is 2. The molecule has 0 saturated heterocycles. The van der Waals surface area contributed by atoms with Gasteiger partial charge < -0.3 is 20.5 Å². The molecule has 0 bridgehead atoms. The Morgan fingerprint density at radius 3 is 2.31 bits per heavy atom. The molecule has 3 N–H and O–H groups in total. The lowest BCUT2D eigenvalue weighted by Gasteiger charge is -2.29. The molecule has 2 rings (SSSR count). The number of ketones is 1. The third-order valence-electron chi connectivity index (χ3n) is 6.44. The molecule has 7 nitrogen and oxygen atoms in total.